The molecule has 1 heterocycles. The van der Waals surface area contributed by atoms with E-state index < -0.39 is 0 Å². The largest absolute Gasteiger partial charge is 0.498 e. The van der Waals surface area contributed by atoms with Gasteiger partial charge >= 0.3 is 0 Å². The molecule has 2 nitrogen and oxygen atoms in total. The van der Waals surface area contributed by atoms with E-state index in [0.717, 1.165) is 0 Å². The summed E-state index contributed by atoms with van der Waals surface area (Å²) in [7, 11) is 1.73. The molecule has 0 saturated carbocycles. The molecule has 10 heavy (non-hydrogen) atoms. The lowest BCUT2D eigenvalue weighted by Gasteiger charge is -2.28. The minimum absolute atomic E-state index is 0.226. The molecule has 3 unspecified atom stereocenters. The van der Waals surface area contributed by atoms with Crippen LogP contribution in [0.5, 0.6) is 0 Å². The highest BCUT2D eigenvalue weighted by atomic mass is 16.5. The Labute approximate surface area is 61.8 Å². The van der Waals surface area contributed by atoms with Crippen LogP contribution in [0.2, 0.25) is 0 Å². The Kier molecular flexibility index (Phi) is 2.33. The van der Waals surface area contributed by atoms with Crippen LogP contribution >= 0.6 is 0 Å². The predicted octanol–water partition coefficient (Wildman–Crippen LogP) is 1.57. The van der Waals surface area contributed by atoms with Gasteiger partial charge in [0.05, 0.1) is 12.4 Å². The molecule has 0 amide bonds. The summed E-state index contributed by atoms with van der Waals surface area (Å²) in [6.45, 7) is 4.18. The van der Waals surface area contributed by atoms with E-state index in [1.165, 1.54) is 0 Å². The first-order chi connectivity index (χ1) is 4.75. The molecule has 0 aliphatic carbocycles. The van der Waals surface area contributed by atoms with E-state index in [0.29, 0.717) is 5.92 Å². The molecule has 0 fully saturated rings. The molecule has 0 spiro atoms. The van der Waals surface area contributed by atoms with Crippen LogP contribution in [0.4, 0.5) is 0 Å². The summed E-state index contributed by atoms with van der Waals surface area (Å²) in [5.41, 5.74) is 0. The van der Waals surface area contributed by atoms with Gasteiger partial charge in [0.15, 0.2) is 0 Å². The van der Waals surface area contributed by atoms with E-state index >= 15 is 0 Å². The van der Waals surface area contributed by atoms with Gasteiger partial charge in [-0.3, -0.25) is 0 Å². The third kappa shape index (κ3) is 1.32. The van der Waals surface area contributed by atoms with Crippen LogP contribution in [-0.2, 0) is 9.47 Å². The van der Waals surface area contributed by atoms with Crippen molar-refractivity contribution in [3.8, 4) is 0 Å². The molecule has 1 rings (SSSR count). The molecule has 0 aromatic heterocycles. The summed E-state index contributed by atoms with van der Waals surface area (Å²) in [6, 6.07) is 0. The van der Waals surface area contributed by atoms with E-state index in [1.54, 1.807) is 13.4 Å². The third-order valence-corrected chi connectivity index (χ3v) is 2.09. The molecule has 0 radical (unpaired) electrons. The quantitative estimate of drug-likeness (QED) is 0.553. The van der Waals surface area contributed by atoms with Gasteiger partial charge in [-0.05, 0) is 13.0 Å². The second-order valence-corrected chi connectivity index (χ2v) is 2.73. The number of methoxy groups -OCH3 is 1. The van der Waals surface area contributed by atoms with Gasteiger partial charge in [0.2, 0.25) is 0 Å². The van der Waals surface area contributed by atoms with E-state index in [1.807, 2.05) is 6.08 Å². The maximum atomic E-state index is 5.26. The number of ether oxygens (including phenoxy) is 2. The highest BCUT2D eigenvalue weighted by Crippen LogP contribution is 2.19. The van der Waals surface area contributed by atoms with Crippen molar-refractivity contribution in [1.82, 2.24) is 0 Å². The van der Waals surface area contributed by atoms with Gasteiger partial charge in [-0.25, -0.2) is 0 Å². The Balaban J connectivity index is 2.57. The summed E-state index contributed by atoms with van der Waals surface area (Å²) < 4.78 is 10.5. The van der Waals surface area contributed by atoms with Crippen molar-refractivity contribution in [2.45, 2.75) is 26.1 Å². The van der Waals surface area contributed by atoms with Crippen molar-refractivity contribution in [2.24, 2.45) is 5.92 Å². The molecule has 1 aliphatic rings. The summed E-state index contributed by atoms with van der Waals surface area (Å²) in [4.78, 5) is 0. The van der Waals surface area contributed by atoms with Crippen LogP contribution in [0.3, 0.4) is 0 Å². The van der Waals surface area contributed by atoms with Gasteiger partial charge in [-0.15, -0.1) is 0 Å². The first-order valence-corrected chi connectivity index (χ1v) is 3.60. The fourth-order valence-electron chi connectivity index (χ4n) is 1.11. The van der Waals surface area contributed by atoms with Gasteiger partial charge in [-0.1, -0.05) is 6.92 Å². The van der Waals surface area contributed by atoms with Crippen molar-refractivity contribution in [1.29, 1.82) is 0 Å². The molecule has 58 valence electrons. The lowest BCUT2D eigenvalue weighted by molar-refractivity contribution is -0.000409. The molecular weight excluding hydrogens is 128 g/mol. The zero-order valence-corrected chi connectivity index (χ0v) is 6.70. The Hall–Kier alpha value is -0.500. The first-order valence-electron chi connectivity index (χ1n) is 3.60. The molecule has 0 N–H and O–H groups in total. The minimum atomic E-state index is 0.226. The normalized spacial score (nSPS) is 39.3. The molecule has 3 atom stereocenters. The van der Waals surface area contributed by atoms with Crippen molar-refractivity contribution in [3.63, 3.8) is 0 Å². The average molecular weight is 142 g/mol. The number of hydrogen-bond donors (Lipinski definition) is 0. The van der Waals surface area contributed by atoms with E-state index in [4.69, 9.17) is 9.47 Å². The first kappa shape index (κ1) is 7.61. The topological polar surface area (TPSA) is 18.5 Å². The van der Waals surface area contributed by atoms with Crippen LogP contribution in [0.25, 0.3) is 0 Å². The Bertz CT molecular complexity index is 131. The molecule has 0 saturated heterocycles. The molecule has 2 heteroatoms. The molecule has 1 aliphatic heterocycles. The minimum Gasteiger partial charge on any atom is -0.498 e. The van der Waals surface area contributed by atoms with Gasteiger partial charge in [0.1, 0.15) is 6.10 Å². The van der Waals surface area contributed by atoms with Crippen LogP contribution in [0.15, 0.2) is 12.3 Å². The monoisotopic (exact) mass is 142 g/mol. The lowest BCUT2D eigenvalue weighted by Crippen LogP contribution is -2.31. The SMILES string of the molecule is COC1C=COC(C)C1C. The summed E-state index contributed by atoms with van der Waals surface area (Å²) in [6.07, 6.45) is 4.17. The maximum absolute atomic E-state index is 5.26. The van der Waals surface area contributed by atoms with E-state index in [9.17, 15) is 0 Å². The highest BCUT2D eigenvalue weighted by Gasteiger charge is 2.24. The second-order valence-electron chi connectivity index (χ2n) is 2.73. The number of rotatable bonds is 1. The Morgan fingerprint density at radius 1 is 1.40 bits per heavy atom. The van der Waals surface area contributed by atoms with Crippen LogP contribution in [0.1, 0.15) is 13.8 Å². The van der Waals surface area contributed by atoms with Gasteiger partial charge < -0.3 is 9.47 Å². The molecule has 0 bridgehead atoms. The summed E-state index contributed by atoms with van der Waals surface area (Å²) in [5.74, 6) is 0.454. The maximum Gasteiger partial charge on any atom is 0.100 e. The molecule has 0 aromatic rings. The molecule has 0 aromatic carbocycles. The zero-order valence-electron chi connectivity index (χ0n) is 6.70. The summed E-state index contributed by atoms with van der Waals surface area (Å²) >= 11 is 0. The van der Waals surface area contributed by atoms with Crippen molar-refractivity contribution in [3.05, 3.63) is 12.3 Å². The standard InChI is InChI=1S/C8H14O2/c1-6-7(2)10-5-4-8(6)9-3/h4-8H,1-3H3. The molecular formula is C8H14O2. The lowest BCUT2D eigenvalue weighted by atomic mass is 9.97. The zero-order chi connectivity index (χ0) is 7.56. The fourth-order valence-corrected chi connectivity index (χ4v) is 1.11. The summed E-state index contributed by atoms with van der Waals surface area (Å²) in [5, 5.41) is 0. The third-order valence-electron chi connectivity index (χ3n) is 2.09. The smallest absolute Gasteiger partial charge is 0.100 e. The predicted molar refractivity (Wildman–Crippen MR) is 39.6 cm³/mol. The highest BCUT2D eigenvalue weighted by molar-refractivity contribution is 4.94. The fraction of sp³-hybridized carbons (Fsp3) is 0.750. The van der Waals surface area contributed by atoms with Gasteiger partial charge in [0.25, 0.3) is 0 Å². The second kappa shape index (κ2) is 3.06. The van der Waals surface area contributed by atoms with Crippen molar-refractivity contribution < 1.29 is 9.47 Å². The van der Waals surface area contributed by atoms with Crippen LogP contribution in [-0.4, -0.2) is 19.3 Å². The van der Waals surface area contributed by atoms with Crippen molar-refractivity contribution in [2.75, 3.05) is 7.11 Å². The van der Waals surface area contributed by atoms with Gasteiger partial charge in [-0.2, -0.15) is 0 Å². The van der Waals surface area contributed by atoms with Crippen molar-refractivity contribution >= 4 is 0 Å². The number of hydrogen-bond acceptors (Lipinski definition) is 2. The Morgan fingerprint density at radius 2 is 2.10 bits per heavy atom. The van der Waals surface area contributed by atoms with Crippen LogP contribution in [0, 0.1) is 5.92 Å². The van der Waals surface area contributed by atoms with E-state index in [2.05, 4.69) is 13.8 Å². The average Bonchev–Trinajstić information content (AvgIpc) is 1.95. The Morgan fingerprint density at radius 3 is 2.60 bits per heavy atom. The van der Waals surface area contributed by atoms with Gasteiger partial charge in [0, 0.05) is 13.0 Å². The van der Waals surface area contributed by atoms with E-state index in [-0.39, 0.29) is 12.2 Å². The van der Waals surface area contributed by atoms with Crippen LogP contribution < -0.4 is 0 Å².